The lowest BCUT2D eigenvalue weighted by molar-refractivity contribution is 0.863. The predicted molar refractivity (Wildman–Crippen MR) is 91.9 cm³/mol. The Morgan fingerprint density at radius 3 is 2.67 bits per heavy atom. The highest BCUT2D eigenvalue weighted by Crippen LogP contribution is 2.21. The van der Waals surface area contributed by atoms with E-state index < -0.39 is 0 Å². The van der Waals surface area contributed by atoms with E-state index in [1.165, 1.54) is 6.21 Å². The molecule has 2 N–H and O–H groups in total. The molecule has 3 aromatic rings. The van der Waals surface area contributed by atoms with E-state index >= 15 is 0 Å². The summed E-state index contributed by atoms with van der Waals surface area (Å²) in [6.45, 7) is 3.40. The third kappa shape index (κ3) is 3.18. The number of aryl methyl sites for hydroxylation is 2. The molecule has 0 bridgehead atoms. The second-order valence-corrected chi connectivity index (χ2v) is 5.35. The highest BCUT2D eigenvalue weighted by molar-refractivity contribution is 6.32. The molecule has 8 nitrogen and oxygen atoms in total. The monoisotopic (exact) mass is 343 g/mol. The quantitative estimate of drug-likeness (QED) is 0.558. The molecule has 122 valence electrons. The zero-order valence-corrected chi connectivity index (χ0v) is 13.7. The van der Waals surface area contributed by atoms with Gasteiger partial charge in [0, 0.05) is 0 Å². The van der Waals surface area contributed by atoms with Crippen molar-refractivity contribution in [2.24, 2.45) is 5.10 Å². The van der Waals surface area contributed by atoms with Crippen molar-refractivity contribution in [3.8, 4) is 5.69 Å². The van der Waals surface area contributed by atoms with Crippen molar-refractivity contribution in [2.75, 3.05) is 5.43 Å². The van der Waals surface area contributed by atoms with Crippen LogP contribution in [0.1, 0.15) is 17.0 Å². The molecule has 0 unspecified atom stereocenters. The number of benzene rings is 1. The van der Waals surface area contributed by atoms with E-state index in [1.54, 1.807) is 11.6 Å². The number of aromatic amines is 1. The van der Waals surface area contributed by atoms with E-state index in [2.05, 4.69) is 30.8 Å². The fourth-order valence-corrected chi connectivity index (χ4v) is 2.32. The summed E-state index contributed by atoms with van der Waals surface area (Å²) in [5.74, 6) is 0.145. The number of anilines is 1. The van der Waals surface area contributed by atoms with Crippen molar-refractivity contribution in [3.63, 3.8) is 0 Å². The Balaban J connectivity index is 1.84. The minimum Gasteiger partial charge on any atom is -0.288 e. The van der Waals surface area contributed by atoms with E-state index in [-0.39, 0.29) is 17.2 Å². The lowest BCUT2D eigenvalue weighted by Crippen LogP contribution is -2.15. The Labute approximate surface area is 142 Å². The van der Waals surface area contributed by atoms with Gasteiger partial charge in [0.25, 0.3) is 5.56 Å². The van der Waals surface area contributed by atoms with E-state index in [0.29, 0.717) is 10.7 Å². The molecule has 2 aromatic heterocycles. The zero-order chi connectivity index (χ0) is 17.1. The second-order valence-electron chi connectivity index (χ2n) is 5.00. The maximum atomic E-state index is 11.5. The van der Waals surface area contributed by atoms with Crippen LogP contribution in [0.4, 0.5) is 5.95 Å². The molecule has 0 amide bonds. The number of nitrogens with one attached hydrogen (secondary N) is 2. The average molecular weight is 344 g/mol. The number of hydrogen-bond donors (Lipinski definition) is 2. The number of hydrogen-bond acceptors (Lipinski definition) is 6. The molecule has 0 atom stereocenters. The summed E-state index contributed by atoms with van der Waals surface area (Å²) < 4.78 is 1.63. The lowest BCUT2D eigenvalue weighted by atomic mass is 10.3. The van der Waals surface area contributed by atoms with Crippen molar-refractivity contribution in [1.29, 1.82) is 0 Å². The Hall–Kier alpha value is -3.00. The lowest BCUT2D eigenvalue weighted by Gasteiger charge is -2.02. The van der Waals surface area contributed by atoms with Crippen LogP contribution in [0.5, 0.6) is 0 Å². The van der Waals surface area contributed by atoms with Crippen molar-refractivity contribution in [3.05, 3.63) is 62.8 Å². The van der Waals surface area contributed by atoms with E-state index in [4.69, 9.17) is 11.6 Å². The van der Waals surface area contributed by atoms with Crippen molar-refractivity contribution >= 4 is 23.8 Å². The van der Waals surface area contributed by atoms with Crippen LogP contribution in [0.15, 0.2) is 40.2 Å². The maximum absolute atomic E-state index is 11.5. The predicted octanol–water partition coefficient (Wildman–Crippen LogP) is 2.07. The van der Waals surface area contributed by atoms with Gasteiger partial charge in [-0.05, 0) is 26.0 Å². The van der Waals surface area contributed by atoms with Crippen molar-refractivity contribution in [2.45, 2.75) is 13.8 Å². The van der Waals surface area contributed by atoms with Gasteiger partial charge in [-0.25, -0.2) is 10.1 Å². The molecule has 2 heterocycles. The number of aromatic nitrogens is 5. The van der Waals surface area contributed by atoms with Gasteiger partial charge in [-0.2, -0.15) is 10.2 Å². The minimum atomic E-state index is -0.325. The van der Waals surface area contributed by atoms with Gasteiger partial charge >= 0.3 is 0 Å². The van der Waals surface area contributed by atoms with Crippen LogP contribution in [-0.2, 0) is 0 Å². The standard InChI is InChI=1S/C15H14ClN7O/c1-9-12(8-17-20-15-18-14(24)10(2)19-21-15)13(16)23(22-9)11-6-4-3-5-7-11/h3-8H,1-2H3,(H2,18,20,21,24). The summed E-state index contributed by atoms with van der Waals surface area (Å²) in [5, 5.41) is 16.4. The van der Waals surface area contributed by atoms with Gasteiger partial charge in [-0.1, -0.05) is 29.8 Å². The Kier molecular flexibility index (Phi) is 4.39. The topological polar surface area (TPSA) is 101 Å². The number of hydrazone groups is 1. The SMILES string of the molecule is Cc1nn(-c2ccccc2)c(Cl)c1C=NNc1nnc(C)c(=O)[nH]1. The fourth-order valence-electron chi connectivity index (χ4n) is 2.00. The molecule has 24 heavy (non-hydrogen) atoms. The molecule has 0 aliphatic heterocycles. The van der Waals surface area contributed by atoms with Crippen LogP contribution in [0.3, 0.4) is 0 Å². The van der Waals surface area contributed by atoms with Crippen LogP contribution < -0.4 is 11.0 Å². The molecular weight excluding hydrogens is 330 g/mol. The Morgan fingerprint density at radius 2 is 1.96 bits per heavy atom. The molecular formula is C15H14ClN7O. The average Bonchev–Trinajstić information content (AvgIpc) is 2.87. The molecule has 3 rings (SSSR count). The molecule has 1 aromatic carbocycles. The van der Waals surface area contributed by atoms with Gasteiger partial charge in [0.05, 0.1) is 23.2 Å². The normalized spacial score (nSPS) is 11.1. The molecule has 0 aliphatic rings. The molecule has 0 saturated heterocycles. The van der Waals surface area contributed by atoms with Gasteiger partial charge in [0.15, 0.2) is 0 Å². The van der Waals surface area contributed by atoms with Crippen molar-refractivity contribution in [1.82, 2.24) is 25.0 Å². The second kappa shape index (κ2) is 6.63. The summed E-state index contributed by atoms with van der Waals surface area (Å²) in [6, 6.07) is 9.55. The zero-order valence-electron chi connectivity index (χ0n) is 13.0. The van der Waals surface area contributed by atoms with Gasteiger partial charge in [-0.15, -0.1) is 10.2 Å². The fraction of sp³-hybridized carbons (Fsp3) is 0.133. The van der Waals surface area contributed by atoms with Gasteiger partial charge in [0.1, 0.15) is 10.8 Å². The number of nitrogens with zero attached hydrogens (tertiary/aromatic N) is 5. The van der Waals surface area contributed by atoms with Crippen LogP contribution in [0.25, 0.3) is 5.69 Å². The summed E-state index contributed by atoms with van der Waals surface area (Å²) in [7, 11) is 0. The van der Waals surface area contributed by atoms with Crippen molar-refractivity contribution < 1.29 is 0 Å². The first-order chi connectivity index (χ1) is 11.6. The number of rotatable bonds is 4. The summed E-state index contributed by atoms with van der Waals surface area (Å²) in [6.07, 6.45) is 1.52. The molecule has 0 aliphatic carbocycles. The highest BCUT2D eigenvalue weighted by atomic mass is 35.5. The third-order valence-electron chi connectivity index (χ3n) is 3.27. The van der Waals surface area contributed by atoms with Gasteiger partial charge < -0.3 is 0 Å². The first-order valence-electron chi connectivity index (χ1n) is 7.09. The first-order valence-corrected chi connectivity index (χ1v) is 7.47. The molecule has 0 radical (unpaired) electrons. The molecule has 9 heteroatoms. The Morgan fingerprint density at radius 1 is 1.21 bits per heavy atom. The summed E-state index contributed by atoms with van der Waals surface area (Å²) in [5.41, 5.74) is 4.81. The largest absolute Gasteiger partial charge is 0.288 e. The molecule has 0 saturated carbocycles. The highest BCUT2D eigenvalue weighted by Gasteiger charge is 2.12. The number of halogens is 1. The molecule has 0 fully saturated rings. The van der Waals surface area contributed by atoms with Gasteiger partial charge in [0.2, 0.25) is 5.95 Å². The minimum absolute atomic E-state index is 0.145. The van der Waals surface area contributed by atoms with Crippen LogP contribution >= 0.6 is 11.6 Å². The number of H-pyrrole nitrogens is 1. The van der Waals surface area contributed by atoms with E-state index in [0.717, 1.165) is 11.4 Å². The first kappa shape index (κ1) is 15.9. The van der Waals surface area contributed by atoms with Gasteiger partial charge in [-0.3, -0.25) is 9.78 Å². The Bertz CT molecular complexity index is 946. The van der Waals surface area contributed by atoms with Crippen LogP contribution in [0.2, 0.25) is 5.15 Å². The van der Waals surface area contributed by atoms with Crippen LogP contribution in [-0.4, -0.2) is 31.2 Å². The smallest absolute Gasteiger partial charge is 0.274 e. The third-order valence-corrected chi connectivity index (χ3v) is 3.64. The van der Waals surface area contributed by atoms with E-state index in [9.17, 15) is 4.79 Å². The van der Waals surface area contributed by atoms with E-state index in [1.807, 2.05) is 37.3 Å². The van der Waals surface area contributed by atoms with Crippen LogP contribution in [0, 0.1) is 13.8 Å². The molecule has 0 spiro atoms. The summed E-state index contributed by atoms with van der Waals surface area (Å²) >= 11 is 6.39. The maximum Gasteiger partial charge on any atom is 0.274 e. The number of para-hydroxylation sites is 1. The summed E-state index contributed by atoms with van der Waals surface area (Å²) in [4.78, 5) is 14.0.